The maximum atomic E-state index is 13.0. The topological polar surface area (TPSA) is 81.1 Å². The van der Waals surface area contributed by atoms with Crippen molar-refractivity contribution in [3.8, 4) is 0 Å². The minimum absolute atomic E-state index is 0.193. The van der Waals surface area contributed by atoms with Crippen LogP contribution in [-0.2, 0) is 6.42 Å². The number of halogens is 1. The summed E-state index contributed by atoms with van der Waals surface area (Å²) in [6.45, 7) is 3.36. The Labute approximate surface area is 143 Å². The molecule has 1 fully saturated rings. The lowest BCUT2D eigenvalue weighted by Crippen LogP contribution is -2.35. The van der Waals surface area contributed by atoms with Crippen molar-refractivity contribution in [2.45, 2.75) is 32.1 Å². The second-order valence-electron chi connectivity index (χ2n) is 6.25. The van der Waals surface area contributed by atoms with Crippen LogP contribution >= 0.6 is 0 Å². The Hall–Kier alpha value is -2.77. The van der Waals surface area contributed by atoms with E-state index in [0.29, 0.717) is 24.2 Å². The molecule has 1 atom stereocenters. The fourth-order valence-corrected chi connectivity index (χ4v) is 3.07. The Morgan fingerprint density at radius 1 is 1.16 bits per heavy atom. The predicted molar refractivity (Wildman–Crippen MR) is 86.7 cm³/mol. The first kappa shape index (κ1) is 15.7. The lowest BCUT2D eigenvalue weighted by Gasteiger charge is -2.29. The van der Waals surface area contributed by atoms with E-state index in [4.69, 9.17) is 9.05 Å². The number of piperidine rings is 1. The van der Waals surface area contributed by atoms with E-state index in [-0.39, 0.29) is 11.7 Å². The molecule has 1 aliphatic rings. The Morgan fingerprint density at radius 3 is 2.76 bits per heavy atom. The van der Waals surface area contributed by atoms with Crippen LogP contribution in [0.3, 0.4) is 0 Å². The third-order valence-corrected chi connectivity index (χ3v) is 4.33. The average Bonchev–Trinajstić information content (AvgIpc) is 3.26. The van der Waals surface area contributed by atoms with E-state index in [1.54, 1.807) is 19.1 Å². The average molecular weight is 343 g/mol. The molecule has 2 aromatic heterocycles. The van der Waals surface area contributed by atoms with Gasteiger partial charge in [-0.05, 0) is 30.5 Å². The third-order valence-electron chi connectivity index (χ3n) is 4.33. The lowest BCUT2D eigenvalue weighted by atomic mass is 9.98. The molecule has 0 amide bonds. The number of aryl methyl sites for hydroxylation is 1. The van der Waals surface area contributed by atoms with Crippen molar-refractivity contribution in [1.29, 1.82) is 0 Å². The van der Waals surface area contributed by atoms with Crippen molar-refractivity contribution in [2.24, 2.45) is 0 Å². The van der Waals surface area contributed by atoms with E-state index in [2.05, 4.69) is 25.2 Å². The number of aromatic nitrogens is 4. The molecule has 130 valence electrons. The van der Waals surface area contributed by atoms with Crippen molar-refractivity contribution in [3.05, 3.63) is 53.2 Å². The number of hydrogen-bond donors (Lipinski definition) is 0. The summed E-state index contributed by atoms with van der Waals surface area (Å²) in [6.07, 6.45) is 2.51. The quantitative estimate of drug-likeness (QED) is 0.720. The van der Waals surface area contributed by atoms with Crippen LogP contribution in [0.4, 0.5) is 10.4 Å². The van der Waals surface area contributed by atoms with Gasteiger partial charge in [0.05, 0.1) is 0 Å². The molecule has 0 aliphatic carbocycles. The van der Waals surface area contributed by atoms with Crippen LogP contribution in [0.25, 0.3) is 0 Å². The zero-order chi connectivity index (χ0) is 17.2. The first-order valence-electron chi connectivity index (χ1n) is 8.29. The van der Waals surface area contributed by atoms with Crippen molar-refractivity contribution >= 4 is 6.01 Å². The van der Waals surface area contributed by atoms with Crippen molar-refractivity contribution in [1.82, 2.24) is 20.3 Å². The molecule has 3 aromatic rings. The minimum Gasteiger partial charge on any atom is -0.340 e. The van der Waals surface area contributed by atoms with Gasteiger partial charge in [0.2, 0.25) is 5.89 Å². The zero-order valence-corrected chi connectivity index (χ0v) is 13.9. The maximum absolute atomic E-state index is 13.0. The summed E-state index contributed by atoms with van der Waals surface area (Å²) in [5.41, 5.74) is 0.938. The Morgan fingerprint density at radius 2 is 2.00 bits per heavy atom. The normalized spacial score (nSPS) is 17.8. The first-order chi connectivity index (χ1) is 12.2. The largest absolute Gasteiger partial charge is 0.340 e. The molecule has 25 heavy (non-hydrogen) atoms. The molecule has 3 heterocycles. The standard InChI is InChI=1S/C17H18FN5O2/c1-11-19-16(22-24-11)13-3-2-8-23(10-13)17-20-15(21-25-17)9-12-4-6-14(18)7-5-12/h4-7,13H,2-3,8-10H2,1H3. The van der Waals surface area contributed by atoms with Crippen LogP contribution in [0.15, 0.2) is 33.3 Å². The van der Waals surface area contributed by atoms with Gasteiger partial charge in [0.25, 0.3) is 0 Å². The molecule has 0 N–H and O–H groups in total. The number of nitrogens with zero attached hydrogens (tertiary/aromatic N) is 5. The van der Waals surface area contributed by atoms with Gasteiger partial charge in [-0.15, -0.1) is 0 Å². The lowest BCUT2D eigenvalue weighted by molar-refractivity contribution is 0.366. The zero-order valence-electron chi connectivity index (χ0n) is 13.9. The number of benzene rings is 1. The summed E-state index contributed by atoms with van der Waals surface area (Å²) in [6, 6.07) is 6.81. The molecule has 0 saturated carbocycles. The Kier molecular flexibility index (Phi) is 4.17. The minimum atomic E-state index is -0.256. The second-order valence-corrected chi connectivity index (χ2v) is 6.25. The molecule has 1 saturated heterocycles. The highest BCUT2D eigenvalue weighted by molar-refractivity contribution is 5.29. The Balaban J connectivity index is 1.45. The van der Waals surface area contributed by atoms with Gasteiger partial charge in [0, 0.05) is 32.4 Å². The van der Waals surface area contributed by atoms with E-state index in [1.807, 2.05) is 0 Å². The third kappa shape index (κ3) is 3.52. The van der Waals surface area contributed by atoms with E-state index < -0.39 is 0 Å². The molecule has 4 rings (SSSR count). The van der Waals surface area contributed by atoms with Gasteiger partial charge < -0.3 is 13.9 Å². The fourth-order valence-electron chi connectivity index (χ4n) is 3.07. The van der Waals surface area contributed by atoms with Crippen molar-refractivity contribution in [2.75, 3.05) is 18.0 Å². The molecular formula is C17H18FN5O2. The molecule has 0 bridgehead atoms. The SMILES string of the molecule is Cc1nc(C2CCCN(c3nc(Cc4ccc(F)cc4)no3)C2)no1. The van der Waals surface area contributed by atoms with Crippen molar-refractivity contribution in [3.63, 3.8) is 0 Å². The summed E-state index contributed by atoms with van der Waals surface area (Å²) in [5.74, 6) is 1.83. The Bertz CT molecular complexity index is 845. The van der Waals surface area contributed by atoms with Gasteiger partial charge in [0.15, 0.2) is 11.6 Å². The van der Waals surface area contributed by atoms with Crippen LogP contribution in [0.2, 0.25) is 0 Å². The summed E-state index contributed by atoms with van der Waals surface area (Å²) in [7, 11) is 0. The molecule has 7 nitrogen and oxygen atoms in total. The second kappa shape index (κ2) is 6.62. The van der Waals surface area contributed by atoms with E-state index in [0.717, 1.165) is 37.3 Å². The molecule has 1 unspecified atom stereocenters. The summed E-state index contributed by atoms with van der Waals surface area (Å²) < 4.78 is 23.5. The molecule has 0 spiro atoms. The van der Waals surface area contributed by atoms with E-state index in [1.165, 1.54) is 12.1 Å². The van der Waals surface area contributed by atoms with E-state index >= 15 is 0 Å². The highest BCUT2D eigenvalue weighted by Crippen LogP contribution is 2.27. The van der Waals surface area contributed by atoms with Gasteiger partial charge >= 0.3 is 6.01 Å². The highest BCUT2D eigenvalue weighted by Gasteiger charge is 2.27. The monoisotopic (exact) mass is 343 g/mol. The fraction of sp³-hybridized carbons (Fsp3) is 0.412. The summed E-state index contributed by atoms with van der Waals surface area (Å²) in [4.78, 5) is 10.9. The van der Waals surface area contributed by atoms with Crippen molar-refractivity contribution < 1.29 is 13.4 Å². The van der Waals surface area contributed by atoms with Gasteiger partial charge in [0.1, 0.15) is 5.82 Å². The smallest absolute Gasteiger partial charge is 0.324 e. The predicted octanol–water partition coefficient (Wildman–Crippen LogP) is 2.87. The van der Waals surface area contributed by atoms with Gasteiger partial charge in [-0.1, -0.05) is 22.4 Å². The molecule has 0 radical (unpaired) electrons. The maximum Gasteiger partial charge on any atom is 0.324 e. The number of hydrogen-bond acceptors (Lipinski definition) is 7. The molecule has 1 aromatic carbocycles. The van der Waals surface area contributed by atoms with Crippen LogP contribution in [0.5, 0.6) is 0 Å². The van der Waals surface area contributed by atoms with E-state index in [9.17, 15) is 4.39 Å². The van der Waals surface area contributed by atoms with Gasteiger partial charge in [-0.25, -0.2) is 4.39 Å². The number of rotatable bonds is 4. The van der Waals surface area contributed by atoms with Crippen LogP contribution < -0.4 is 4.90 Å². The highest BCUT2D eigenvalue weighted by atomic mass is 19.1. The van der Waals surface area contributed by atoms with Crippen LogP contribution in [-0.4, -0.2) is 33.4 Å². The van der Waals surface area contributed by atoms with Crippen LogP contribution in [0.1, 0.15) is 41.9 Å². The molecule has 1 aliphatic heterocycles. The van der Waals surface area contributed by atoms with Crippen LogP contribution in [0, 0.1) is 12.7 Å². The van der Waals surface area contributed by atoms with Gasteiger partial charge in [-0.3, -0.25) is 0 Å². The molecular weight excluding hydrogens is 325 g/mol. The number of anilines is 1. The summed E-state index contributed by atoms with van der Waals surface area (Å²) >= 11 is 0. The molecule has 8 heteroatoms. The summed E-state index contributed by atoms with van der Waals surface area (Å²) in [5, 5.41) is 8.07. The van der Waals surface area contributed by atoms with Gasteiger partial charge in [-0.2, -0.15) is 9.97 Å². The first-order valence-corrected chi connectivity index (χ1v) is 8.29.